The Balaban J connectivity index is 1.90. The van der Waals surface area contributed by atoms with Crippen molar-refractivity contribution in [3.8, 4) is 12.3 Å². The Morgan fingerprint density at radius 2 is 2.08 bits per heavy atom. The predicted octanol–water partition coefficient (Wildman–Crippen LogP) is 2.28. The lowest BCUT2D eigenvalue weighted by Gasteiger charge is -2.22. The zero-order chi connectivity index (χ0) is 9.36. The summed E-state index contributed by atoms with van der Waals surface area (Å²) in [5, 5.41) is 3.60. The van der Waals surface area contributed by atoms with Gasteiger partial charge in [0.25, 0.3) is 0 Å². The summed E-state index contributed by atoms with van der Waals surface area (Å²) in [4.78, 5) is 0. The summed E-state index contributed by atoms with van der Waals surface area (Å²) in [5.74, 6) is 5.35. The first-order valence-corrected chi connectivity index (χ1v) is 6.33. The topological polar surface area (TPSA) is 12.0 Å². The van der Waals surface area contributed by atoms with E-state index in [1.807, 2.05) is 0 Å². The fourth-order valence-electron chi connectivity index (χ4n) is 1.56. The molecule has 0 unspecified atom stereocenters. The molecule has 1 fully saturated rings. The molecule has 1 N–H and O–H groups in total. The highest BCUT2D eigenvalue weighted by atomic mass is 32.2. The quantitative estimate of drug-likeness (QED) is 0.536. The lowest BCUT2D eigenvalue weighted by Crippen LogP contribution is -2.33. The molecule has 1 saturated heterocycles. The Morgan fingerprint density at radius 3 is 2.77 bits per heavy atom. The van der Waals surface area contributed by atoms with Crippen LogP contribution in [0.25, 0.3) is 0 Å². The first-order chi connectivity index (χ1) is 6.43. The maximum absolute atomic E-state index is 5.18. The molecule has 0 amide bonds. The Bertz CT molecular complexity index is 156. The molecule has 0 spiro atoms. The molecule has 1 heterocycles. The normalized spacial score (nSPS) is 18.4. The molecule has 74 valence electrons. The molecule has 1 aliphatic rings. The molecule has 0 bridgehead atoms. The van der Waals surface area contributed by atoms with Gasteiger partial charge < -0.3 is 5.32 Å². The average molecular weight is 197 g/mol. The van der Waals surface area contributed by atoms with Gasteiger partial charge in [-0.3, -0.25) is 0 Å². The summed E-state index contributed by atoms with van der Waals surface area (Å²) in [6.07, 6.45) is 11.2. The van der Waals surface area contributed by atoms with Gasteiger partial charge in [-0.1, -0.05) is 0 Å². The second kappa shape index (κ2) is 7.29. The molecule has 1 aliphatic heterocycles. The van der Waals surface area contributed by atoms with Crippen LogP contribution in [-0.2, 0) is 0 Å². The highest BCUT2D eigenvalue weighted by Gasteiger charge is 2.11. The molecule has 1 nitrogen and oxygen atoms in total. The average Bonchev–Trinajstić information content (AvgIpc) is 2.19. The van der Waals surface area contributed by atoms with Gasteiger partial charge in [0.1, 0.15) is 0 Å². The first-order valence-electron chi connectivity index (χ1n) is 5.18. The number of hydrogen-bond donors (Lipinski definition) is 1. The van der Waals surface area contributed by atoms with Gasteiger partial charge in [-0.05, 0) is 43.7 Å². The largest absolute Gasteiger partial charge is 0.314 e. The highest BCUT2D eigenvalue weighted by molar-refractivity contribution is 7.99. The maximum Gasteiger partial charge on any atom is 0.00865 e. The van der Waals surface area contributed by atoms with Crippen LogP contribution < -0.4 is 5.32 Å². The lowest BCUT2D eigenvalue weighted by atomic mass is 10.1. The van der Waals surface area contributed by atoms with E-state index in [0.717, 1.165) is 19.0 Å². The van der Waals surface area contributed by atoms with E-state index in [-0.39, 0.29) is 0 Å². The van der Waals surface area contributed by atoms with Crippen LogP contribution in [0.2, 0.25) is 0 Å². The summed E-state index contributed by atoms with van der Waals surface area (Å²) >= 11 is 2.08. The molecular weight excluding hydrogens is 178 g/mol. The van der Waals surface area contributed by atoms with Crippen molar-refractivity contribution in [1.29, 1.82) is 0 Å². The predicted molar refractivity (Wildman–Crippen MR) is 61.0 cm³/mol. The minimum Gasteiger partial charge on any atom is -0.314 e. The minimum absolute atomic E-state index is 0.784. The maximum atomic E-state index is 5.18. The van der Waals surface area contributed by atoms with Gasteiger partial charge in [0.05, 0.1) is 0 Å². The Labute approximate surface area is 86.1 Å². The highest BCUT2D eigenvalue weighted by Crippen LogP contribution is 2.16. The molecule has 2 heteroatoms. The van der Waals surface area contributed by atoms with Crippen LogP contribution in [-0.4, -0.2) is 24.1 Å². The second-order valence-electron chi connectivity index (χ2n) is 3.50. The van der Waals surface area contributed by atoms with Crippen molar-refractivity contribution in [3.05, 3.63) is 0 Å². The van der Waals surface area contributed by atoms with Crippen LogP contribution >= 0.6 is 11.8 Å². The Morgan fingerprint density at radius 1 is 1.31 bits per heavy atom. The lowest BCUT2D eigenvalue weighted by molar-refractivity contribution is 0.473. The van der Waals surface area contributed by atoms with Gasteiger partial charge in [-0.2, -0.15) is 11.8 Å². The van der Waals surface area contributed by atoms with E-state index in [9.17, 15) is 0 Å². The van der Waals surface area contributed by atoms with Gasteiger partial charge in [0.15, 0.2) is 0 Å². The fourth-order valence-corrected chi connectivity index (χ4v) is 2.67. The number of unbranched alkanes of at least 4 members (excludes halogenated alkanes) is 2. The third-order valence-corrected chi connectivity index (χ3v) is 3.45. The summed E-state index contributed by atoms with van der Waals surface area (Å²) in [6, 6.07) is 0.784. The SMILES string of the molecule is C#CCCCCNC1CCSCC1. The van der Waals surface area contributed by atoms with Gasteiger partial charge >= 0.3 is 0 Å². The van der Waals surface area contributed by atoms with Gasteiger partial charge in [-0.15, -0.1) is 12.3 Å². The monoisotopic (exact) mass is 197 g/mol. The van der Waals surface area contributed by atoms with Crippen molar-refractivity contribution in [3.63, 3.8) is 0 Å². The third-order valence-electron chi connectivity index (χ3n) is 2.40. The van der Waals surface area contributed by atoms with Crippen molar-refractivity contribution < 1.29 is 0 Å². The van der Waals surface area contributed by atoms with Crippen molar-refractivity contribution in [2.24, 2.45) is 0 Å². The van der Waals surface area contributed by atoms with E-state index in [0.29, 0.717) is 0 Å². The minimum atomic E-state index is 0.784. The van der Waals surface area contributed by atoms with Crippen LogP contribution in [0.5, 0.6) is 0 Å². The van der Waals surface area contributed by atoms with Crippen LogP contribution in [0.4, 0.5) is 0 Å². The molecule has 1 rings (SSSR count). The van der Waals surface area contributed by atoms with Crippen LogP contribution in [0.15, 0.2) is 0 Å². The standard InChI is InChI=1S/C11H19NS/c1-2-3-4-5-8-12-11-6-9-13-10-7-11/h1,11-12H,3-10H2. The number of rotatable bonds is 5. The van der Waals surface area contributed by atoms with Crippen molar-refractivity contribution >= 4 is 11.8 Å². The number of terminal acetylenes is 1. The molecular formula is C11H19NS. The molecule has 0 aliphatic carbocycles. The molecule has 13 heavy (non-hydrogen) atoms. The summed E-state index contributed by atoms with van der Waals surface area (Å²) in [5.41, 5.74) is 0. The van der Waals surface area contributed by atoms with E-state index >= 15 is 0 Å². The Kier molecular flexibility index (Phi) is 6.14. The number of hydrogen-bond acceptors (Lipinski definition) is 2. The summed E-state index contributed by atoms with van der Waals surface area (Å²) in [6.45, 7) is 1.15. The zero-order valence-corrected chi connectivity index (χ0v) is 9.04. The number of nitrogens with one attached hydrogen (secondary N) is 1. The summed E-state index contributed by atoms with van der Waals surface area (Å²) < 4.78 is 0. The van der Waals surface area contributed by atoms with E-state index in [1.54, 1.807) is 0 Å². The Hall–Kier alpha value is -0.130. The number of thioether (sulfide) groups is 1. The molecule has 0 atom stereocenters. The van der Waals surface area contributed by atoms with Gasteiger partial charge in [0, 0.05) is 12.5 Å². The van der Waals surface area contributed by atoms with E-state index in [4.69, 9.17) is 6.42 Å². The third kappa shape index (κ3) is 5.23. The van der Waals surface area contributed by atoms with Crippen LogP contribution in [0, 0.1) is 12.3 Å². The molecule has 0 aromatic rings. The second-order valence-corrected chi connectivity index (χ2v) is 4.73. The molecule has 0 aromatic carbocycles. The van der Waals surface area contributed by atoms with Crippen molar-refractivity contribution in [1.82, 2.24) is 5.32 Å². The fraction of sp³-hybridized carbons (Fsp3) is 0.818. The first kappa shape index (κ1) is 10.9. The van der Waals surface area contributed by atoms with Gasteiger partial charge in [0.2, 0.25) is 0 Å². The van der Waals surface area contributed by atoms with E-state index in [2.05, 4.69) is 23.0 Å². The zero-order valence-electron chi connectivity index (χ0n) is 8.22. The summed E-state index contributed by atoms with van der Waals surface area (Å²) in [7, 11) is 0. The van der Waals surface area contributed by atoms with Crippen molar-refractivity contribution in [2.45, 2.75) is 38.1 Å². The van der Waals surface area contributed by atoms with E-state index < -0.39 is 0 Å². The van der Waals surface area contributed by atoms with E-state index in [1.165, 1.54) is 37.2 Å². The molecule has 0 saturated carbocycles. The van der Waals surface area contributed by atoms with Gasteiger partial charge in [-0.25, -0.2) is 0 Å². The smallest absolute Gasteiger partial charge is 0.00865 e. The van der Waals surface area contributed by atoms with Crippen LogP contribution in [0.3, 0.4) is 0 Å². The molecule has 0 radical (unpaired) electrons. The van der Waals surface area contributed by atoms with Crippen molar-refractivity contribution in [2.75, 3.05) is 18.1 Å². The van der Waals surface area contributed by atoms with Crippen LogP contribution in [0.1, 0.15) is 32.1 Å². The molecule has 0 aromatic heterocycles.